The SMILES string of the molecule is COc1cc(C(=O)Nc2cc(-c3ccccc3)nc3c(C#N)ncn23)cc(OC)c1OC. The molecule has 0 saturated heterocycles. The maximum absolute atomic E-state index is 13.1. The largest absolute Gasteiger partial charge is 0.493 e. The van der Waals surface area contributed by atoms with E-state index in [1.54, 1.807) is 22.6 Å². The summed E-state index contributed by atoms with van der Waals surface area (Å²) in [5.74, 6) is 1.09. The van der Waals surface area contributed by atoms with Crippen molar-refractivity contribution in [1.29, 1.82) is 5.26 Å². The minimum atomic E-state index is -0.414. The van der Waals surface area contributed by atoms with Gasteiger partial charge in [0.15, 0.2) is 22.8 Å². The van der Waals surface area contributed by atoms with Crippen molar-refractivity contribution in [3.8, 4) is 34.6 Å². The molecule has 0 radical (unpaired) electrons. The Morgan fingerprint density at radius 2 is 1.72 bits per heavy atom. The summed E-state index contributed by atoms with van der Waals surface area (Å²) >= 11 is 0. The van der Waals surface area contributed by atoms with Crippen LogP contribution < -0.4 is 19.5 Å². The third-order valence-electron chi connectivity index (χ3n) is 4.85. The van der Waals surface area contributed by atoms with E-state index in [9.17, 15) is 10.1 Å². The smallest absolute Gasteiger partial charge is 0.257 e. The lowest BCUT2D eigenvalue weighted by molar-refractivity contribution is 0.102. The molecule has 4 aromatic rings. The minimum Gasteiger partial charge on any atom is -0.493 e. The first-order chi connectivity index (χ1) is 15.6. The number of nitrogens with one attached hydrogen (secondary N) is 1. The fourth-order valence-electron chi connectivity index (χ4n) is 3.30. The summed E-state index contributed by atoms with van der Waals surface area (Å²) in [7, 11) is 4.45. The van der Waals surface area contributed by atoms with E-state index >= 15 is 0 Å². The molecule has 9 heteroatoms. The molecule has 0 aliphatic heterocycles. The summed E-state index contributed by atoms with van der Waals surface area (Å²) in [5.41, 5.74) is 2.23. The highest BCUT2D eigenvalue weighted by atomic mass is 16.5. The van der Waals surface area contributed by atoms with E-state index in [1.165, 1.54) is 27.7 Å². The summed E-state index contributed by atoms with van der Waals surface area (Å²) in [4.78, 5) is 21.8. The van der Waals surface area contributed by atoms with Gasteiger partial charge < -0.3 is 19.5 Å². The molecule has 0 bridgehead atoms. The Kier molecular flexibility index (Phi) is 5.59. The number of amides is 1. The van der Waals surface area contributed by atoms with Crippen LogP contribution in [-0.2, 0) is 0 Å². The highest BCUT2D eigenvalue weighted by Crippen LogP contribution is 2.38. The number of nitriles is 1. The molecule has 2 heterocycles. The number of ether oxygens (including phenoxy) is 3. The fourth-order valence-corrected chi connectivity index (χ4v) is 3.30. The van der Waals surface area contributed by atoms with Crippen molar-refractivity contribution >= 4 is 17.4 Å². The van der Waals surface area contributed by atoms with Gasteiger partial charge in [-0.15, -0.1) is 0 Å². The van der Waals surface area contributed by atoms with Crippen LogP contribution in [0.5, 0.6) is 17.2 Å². The van der Waals surface area contributed by atoms with E-state index in [2.05, 4.69) is 15.3 Å². The van der Waals surface area contributed by atoms with Crippen LogP contribution in [0.25, 0.3) is 16.9 Å². The number of hydrogen-bond acceptors (Lipinski definition) is 7. The van der Waals surface area contributed by atoms with E-state index in [0.29, 0.717) is 40.0 Å². The Bertz CT molecular complexity index is 1320. The van der Waals surface area contributed by atoms with Gasteiger partial charge >= 0.3 is 0 Å². The third kappa shape index (κ3) is 3.65. The van der Waals surface area contributed by atoms with Gasteiger partial charge in [0.25, 0.3) is 5.91 Å². The second kappa shape index (κ2) is 8.65. The van der Waals surface area contributed by atoms with Crippen LogP contribution in [0.15, 0.2) is 54.9 Å². The summed E-state index contributed by atoms with van der Waals surface area (Å²) in [6.07, 6.45) is 1.44. The second-order valence-corrected chi connectivity index (χ2v) is 6.66. The van der Waals surface area contributed by atoms with Gasteiger partial charge in [0.2, 0.25) is 5.75 Å². The normalized spacial score (nSPS) is 10.4. The Balaban J connectivity index is 1.80. The molecule has 2 aromatic carbocycles. The summed E-state index contributed by atoms with van der Waals surface area (Å²) < 4.78 is 17.5. The summed E-state index contributed by atoms with van der Waals surface area (Å²) in [5, 5.41) is 12.3. The maximum Gasteiger partial charge on any atom is 0.257 e. The van der Waals surface area contributed by atoms with Gasteiger partial charge in [0, 0.05) is 17.2 Å². The van der Waals surface area contributed by atoms with E-state index in [1.807, 2.05) is 36.4 Å². The van der Waals surface area contributed by atoms with Gasteiger partial charge in [-0.1, -0.05) is 30.3 Å². The van der Waals surface area contributed by atoms with Gasteiger partial charge in [-0.05, 0) is 12.1 Å². The third-order valence-corrected chi connectivity index (χ3v) is 4.85. The number of carbonyl (C=O) groups is 1. The van der Waals surface area contributed by atoms with E-state index < -0.39 is 5.91 Å². The number of fused-ring (bicyclic) bond motifs is 1. The molecular weight excluding hydrogens is 410 g/mol. The second-order valence-electron chi connectivity index (χ2n) is 6.66. The lowest BCUT2D eigenvalue weighted by Gasteiger charge is -2.15. The van der Waals surface area contributed by atoms with Gasteiger partial charge in [0.05, 0.1) is 27.0 Å². The molecule has 0 fully saturated rings. The molecule has 32 heavy (non-hydrogen) atoms. The van der Waals surface area contributed by atoms with Gasteiger partial charge in [-0.2, -0.15) is 5.26 Å². The number of anilines is 1. The lowest BCUT2D eigenvalue weighted by Crippen LogP contribution is -2.15. The molecular formula is C23H19N5O4. The summed E-state index contributed by atoms with van der Waals surface area (Å²) in [6.45, 7) is 0. The van der Waals surface area contributed by atoms with Crippen LogP contribution in [0.1, 0.15) is 16.1 Å². The summed E-state index contributed by atoms with van der Waals surface area (Å²) in [6, 6.07) is 16.3. The maximum atomic E-state index is 13.1. The number of nitrogens with zero attached hydrogens (tertiary/aromatic N) is 4. The highest BCUT2D eigenvalue weighted by Gasteiger charge is 2.19. The quantitative estimate of drug-likeness (QED) is 0.499. The standard InChI is InChI=1S/C23H19N5O4/c1-30-18-9-15(10-19(31-2)21(18)32-3)23(29)27-20-11-16(14-7-5-4-6-8-14)26-22-17(12-24)25-13-28(20)22/h4-11,13H,1-3H3,(H,27,29). The zero-order valence-electron chi connectivity index (χ0n) is 17.6. The predicted molar refractivity (Wildman–Crippen MR) is 117 cm³/mol. The predicted octanol–water partition coefficient (Wildman–Crippen LogP) is 3.55. The van der Waals surface area contributed by atoms with Crippen molar-refractivity contribution in [2.24, 2.45) is 0 Å². The topological polar surface area (TPSA) is 111 Å². The van der Waals surface area contributed by atoms with Crippen LogP contribution >= 0.6 is 0 Å². The number of hydrogen-bond donors (Lipinski definition) is 1. The first-order valence-corrected chi connectivity index (χ1v) is 9.54. The Morgan fingerprint density at radius 3 is 2.31 bits per heavy atom. The molecule has 0 aliphatic rings. The van der Waals surface area contributed by atoms with Crippen molar-refractivity contribution in [3.05, 3.63) is 66.1 Å². The van der Waals surface area contributed by atoms with Crippen LogP contribution in [-0.4, -0.2) is 41.6 Å². The van der Waals surface area contributed by atoms with Crippen molar-refractivity contribution in [2.75, 3.05) is 26.6 Å². The average Bonchev–Trinajstić information content (AvgIpc) is 3.26. The van der Waals surface area contributed by atoms with Crippen LogP contribution in [0.4, 0.5) is 5.82 Å². The number of methoxy groups -OCH3 is 3. The number of rotatable bonds is 6. The van der Waals surface area contributed by atoms with Crippen molar-refractivity contribution in [3.63, 3.8) is 0 Å². The molecule has 160 valence electrons. The molecule has 2 aromatic heterocycles. The molecule has 1 amide bonds. The molecule has 9 nitrogen and oxygen atoms in total. The first kappa shape index (κ1) is 20.7. The lowest BCUT2D eigenvalue weighted by atomic mass is 10.1. The molecule has 0 saturated carbocycles. The van der Waals surface area contributed by atoms with Crippen molar-refractivity contribution in [2.45, 2.75) is 0 Å². The Labute approximate surface area is 183 Å². The minimum absolute atomic E-state index is 0.158. The molecule has 0 spiro atoms. The van der Waals surface area contributed by atoms with Gasteiger partial charge in [0.1, 0.15) is 18.2 Å². The molecule has 0 atom stereocenters. The number of benzene rings is 2. The van der Waals surface area contributed by atoms with Gasteiger partial charge in [-0.25, -0.2) is 9.97 Å². The Morgan fingerprint density at radius 1 is 1.03 bits per heavy atom. The monoisotopic (exact) mass is 429 g/mol. The van der Waals surface area contributed by atoms with E-state index in [0.717, 1.165) is 5.56 Å². The zero-order chi connectivity index (χ0) is 22.7. The van der Waals surface area contributed by atoms with Gasteiger partial charge in [-0.3, -0.25) is 9.20 Å². The van der Waals surface area contributed by atoms with Crippen LogP contribution in [0, 0.1) is 11.3 Å². The number of aromatic nitrogens is 3. The van der Waals surface area contributed by atoms with E-state index in [4.69, 9.17) is 14.2 Å². The fraction of sp³-hybridized carbons (Fsp3) is 0.130. The Hall–Kier alpha value is -4.58. The van der Waals surface area contributed by atoms with E-state index in [-0.39, 0.29) is 5.69 Å². The highest BCUT2D eigenvalue weighted by molar-refractivity contribution is 6.05. The molecule has 1 N–H and O–H groups in total. The van der Waals surface area contributed by atoms with Crippen molar-refractivity contribution in [1.82, 2.24) is 14.4 Å². The van der Waals surface area contributed by atoms with Crippen LogP contribution in [0.3, 0.4) is 0 Å². The van der Waals surface area contributed by atoms with Crippen molar-refractivity contribution < 1.29 is 19.0 Å². The molecule has 0 aliphatic carbocycles. The first-order valence-electron chi connectivity index (χ1n) is 9.54. The molecule has 0 unspecified atom stereocenters. The zero-order valence-corrected chi connectivity index (χ0v) is 17.6. The van der Waals surface area contributed by atoms with Crippen LogP contribution in [0.2, 0.25) is 0 Å². The molecule has 4 rings (SSSR count). The number of carbonyl (C=O) groups excluding carboxylic acids is 1. The average molecular weight is 429 g/mol. The number of imidazole rings is 1.